The first-order chi connectivity index (χ1) is 11.3. The highest BCUT2D eigenvalue weighted by molar-refractivity contribution is 6.14. The minimum Gasteiger partial charge on any atom is -0.481 e. The predicted molar refractivity (Wildman–Crippen MR) is 93.9 cm³/mol. The molecule has 0 spiro atoms. The van der Waals surface area contributed by atoms with Gasteiger partial charge in [-0.15, -0.1) is 0 Å². The molecule has 1 unspecified atom stereocenters. The smallest absolute Gasteiger partial charge is 0.309 e. The molecule has 0 bridgehead atoms. The summed E-state index contributed by atoms with van der Waals surface area (Å²) in [7, 11) is 5.96. The number of carboxylic acids is 1. The SMILES string of the molecule is [B]C(O)(CCCCCC1(C=O)CC1)CCCCCC1(C(=O)O)CC1. The zero-order valence-electron chi connectivity index (χ0n) is 14.8. The Labute approximate surface area is 146 Å². The predicted octanol–water partition coefficient (Wildman–Crippen LogP) is 3.59. The van der Waals surface area contributed by atoms with Crippen LogP contribution in [0.5, 0.6) is 0 Å². The largest absolute Gasteiger partial charge is 0.481 e. The molecule has 0 heterocycles. The van der Waals surface area contributed by atoms with Crippen molar-refractivity contribution in [2.24, 2.45) is 10.8 Å². The van der Waals surface area contributed by atoms with E-state index in [1.807, 2.05) is 0 Å². The van der Waals surface area contributed by atoms with Crippen molar-refractivity contribution in [2.45, 2.75) is 95.4 Å². The molecule has 0 amide bonds. The molecule has 4 nitrogen and oxygen atoms in total. The van der Waals surface area contributed by atoms with Gasteiger partial charge in [-0.25, -0.2) is 0 Å². The third kappa shape index (κ3) is 5.91. The molecule has 5 heteroatoms. The van der Waals surface area contributed by atoms with Gasteiger partial charge in [0.1, 0.15) is 14.1 Å². The average Bonchev–Trinajstić information content (AvgIpc) is 3.42. The number of hydrogen-bond acceptors (Lipinski definition) is 3. The second-order valence-electron chi connectivity index (χ2n) is 8.29. The van der Waals surface area contributed by atoms with Gasteiger partial charge in [-0.05, 0) is 51.4 Å². The molecule has 0 aromatic rings. The lowest BCUT2D eigenvalue weighted by atomic mass is 9.73. The van der Waals surface area contributed by atoms with Crippen LogP contribution in [0.25, 0.3) is 0 Å². The summed E-state index contributed by atoms with van der Waals surface area (Å²) >= 11 is 0. The lowest BCUT2D eigenvalue weighted by Gasteiger charge is -2.24. The summed E-state index contributed by atoms with van der Waals surface area (Å²) in [6, 6.07) is 0. The topological polar surface area (TPSA) is 74.6 Å². The molecule has 2 rings (SSSR count). The maximum absolute atomic E-state index is 11.1. The number of carboxylic acid groups (broad SMARTS) is 1. The van der Waals surface area contributed by atoms with Gasteiger partial charge >= 0.3 is 5.97 Å². The number of aliphatic hydroxyl groups is 1. The van der Waals surface area contributed by atoms with Gasteiger partial charge in [-0.2, -0.15) is 0 Å². The van der Waals surface area contributed by atoms with E-state index in [0.717, 1.165) is 83.3 Å². The summed E-state index contributed by atoms with van der Waals surface area (Å²) < 4.78 is 0. The molecule has 2 radical (unpaired) electrons. The Balaban J connectivity index is 1.47. The van der Waals surface area contributed by atoms with E-state index in [1.54, 1.807) is 0 Å². The number of rotatable bonds is 14. The zero-order chi connectivity index (χ0) is 17.7. The lowest BCUT2D eigenvalue weighted by molar-refractivity contribution is -0.143. The summed E-state index contributed by atoms with van der Waals surface area (Å²) in [6.45, 7) is 0. The standard InChI is InChI=1S/C19H31BO4/c20-19(24,9-5-1-3-7-17(15-21)11-12-17)10-6-2-4-8-18(13-14-18)16(22)23/h15,24H,1-14H2,(H,22,23). The van der Waals surface area contributed by atoms with Crippen LogP contribution in [0.1, 0.15) is 89.9 Å². The van der Waals surface area contributed by atoms with Crippen LogP contribution in [0.3, 0.4) is 0 Å². The minimum atomic E-state index is -1.11. The Bertz CT molecular complexity index is 439. The molecule has 0 saturated heterocycles. The van der Waals surface area contributed by atoms with E-state index < -0.39 is 16.9 Å². The number of unbranched alkanes of at least 4 members (excludes halogenated alkanes) is 4. The number of carbonyl (C=O) groups excluding carboxylic acids is 1. The third-order valence-corrected chi connectivity index (χ3v) is 6.00. The van der Waals surface area contributed by atoms with E-state index >= 15 is 0 Å². The molecule has 0 aromatic heterocycles. The molecule has 0 aromatic carbocycles. The Kier molecular flexibility index (Phi) is 6.52. The average molecular weight is 334 g/mol. The fourth-order valence-corrected chi connectivity index (χ4v) is 3.59. The quantitative estimate of drug-likeness (QED) is 0.289. The molecule has 2 aliphatic rings. The molecular weight excluding hydrogens is 303 g/mol. The zero-order valence-corrected chi connectivity index (χ0v) is 14.8. The van der Waals surface area contributed by atoms with Crippen molar-refractivity contribution in [3.8, 4) is 0 Å². The first-order valence-corrected chi connectivity index (χ1v) is 9.54. The van der Waals surface area contributed by atoms with Crippen LogP contribution in [0.4, 0.5) is 0 Å². The van der Waals surface area contributed by atoms with E-state index in [-0.39, 0.29) is 5.41 Å². The van der Waals surface area contributed by atoms with Gasteiger partial charge in [-0.1, -0.05) is 38.5 Å². The molecular formula is C19H31BO4. The second-order valence-corrected chi connectivity index (χ2v) is 8.29. The van der Waals surface area contributed by atoms with Gasteiger partial charge in [0.25, 0.3) is 0 Å². The molecule has 134 valence electrons. The van der Waals surface area contributed by atoms with Crippen molar-refractivity contribution in [1.29, 1.82) is 0 Å². The highest BCUT2D eigenvalue weighted by Crippen LogP contribution is 2.50. The Morgan fingerprint density at radius 1 is 0.958 bits per heavy atom. The van der Waals surface area contributed by atoms with Crippen molar-refractivity contribution in [3.05, 3.63) is 0 Å². The monoisotopic (exact) mass is 334 g/mol. The normalized spacial score (nSPS) is 22.5. The first-order valence-electron chi connectivity index (χ1n) is 9.54. The van der Waals surface area contributed by atoms with Gasteiger partial charge in [0.05, 0.1) is 5.41 Å². The van der Waals surface area contributed by atoms with Gasteiger partial charge in [0.15, 0.2) is 0 Å². The second kappa shape index (κ2) is 8.03. The molecule has 0 aliphatic heterocycles. The van der Waals surface area contributed by atoms with Crippen LogP contribution in [0, 0.1) is 10.8 Å². The van der Waals surface area contributed by atoms with E-state index in [0.29, 0.717) is 12.8 Å². The van der Waals surface area contributed by atoms with Crippen molar-refractivity contribution in [2.75, 3.05) is 0 Å². The van der Waals surface area contributed by atoms with Crippen molar-refractivity contribution >= 4 is 20.1 Å². The van der Waals surface area contributed by atoms with Crippen LogP contribution in [0.15, 0.2) is 0 Å². The van der Waals surface area contributed by atoms with Crippen LogP contribution in [0.2, 0.25) is 0 Å². The van der Waals surface area contributed by atoms with Gasteiger partial charge in [-0.3, -0.25) is 4.79 Å². The van der Waals surface area contributed by atoms with Crippen molar-refractivity contribution in [1.82, 2.24) is 0 Å². The first kappa shape index (κ1) is 19.5. The molecule has 2 aliphatic carbocycles. The molecule has 24 heavy (non-hydrogen) atoms. The van der Waals surface area contributed by atoms with Gasteiger partial charge in [0, 0.05) is 10.9 Å². The van der Waals surface area contributed by atoms with Crippen LogP contribution >= 0.6 is 0 Å². The van der Waals surface area contributed by atoms with Crippen LogP contribution in [-0.4, -0.2) is 35.8 Å². The summed E-state index contributed by atoms with van der Waals surface area (Å²) in [5, 5.41) is 19.3. The Morgan fingerprint density at radius 2 is 1.50 bits per heavy atom. The maximum Gasteiger partial charge on any atom is 0.309 e. The van der Waals surface area contributed by atoms with Gasteiger partial charge in [0.2, 0.25) is 0 Å². The summed E-state index contributed by atoms with van der Waals surface area (Å²) in [5.74, 6) is -0.652. The number of aliphatic carboxylic acids is 1. The molecule has 2 saturated carbocycles. The van der Waals surface area contributed by atoms with Crippen molar-refractivity contribution < 1.29 is 19.8 Å². The fraction of sp³-hybridized carbons (Fsp3) is 0.895. The van der Waals surface area contributed by atoms with Gasteiger partial charge < -0.3 is 15.0 Å². The minimum absolute atomic E-state index is 0.00606. The molecule has 2 fully saturated rings. The van der Waals surface area contributed by atoms with E-state index in [9.17, 15) is 14.7 Å². The number of hydrogen-bond donors (Lipinski definition) is 2. The van der Waals surface area contributed by atoms with Crippen molar-refractivity contribution in [3.63, 3.8) is 0 Å². The highest BCUT2D eigenvalue weighted by Gasteiger charge is 2.49. The molecule has 1 atom stereocenters. The Hall–Kier alpha value is -0.835. The van der Waals surface area contributed by atoms with E-state index in [2.05, 4.69) is 0 Å². The highest BCUT2D eigenvalue weighted by atomic mass is 16.4. The Morgan fingerprint density at radius 3 is 1.92 bits per heavy atom. The van der Waals surface area contributed by atoms with Crippen LogP contribution < -0.4 is 0 Å². The number of aldehydes is 1. The van der Waals surface area contributed by atoms with E-state index in [4.69, 9.17) is 13.0 Å². The summed E-state index contributed by atoms with van der Waals surface area (Å²) in [5.41, 5.74) is -1.54. The van der Waals surface area contributed by atoms with Crippen LogP contribution in [-0.2, 0) is 9.59 Å². The van der Waals surface area contributed by atoms with E-state index in [1.165, 1.54) is 0 Å². The number of carbonyl (C=O) groups is 2. The summed E-state index contributed by atoms with van der Waals surface area (Å²) in [6.07, 6.45) is 13.3. The maximum atomic E-state index is 11.1. The third-order valence-electron chi connectivity index (χ3n) is 6.00. The lowest BCUT2D eigenvalue weighted by Crippen LogP contribution is -2.28. The molecule has 2 N–H and O–H groups in total. The summed E-state index contributed by atoms with van der Waals surface area (Å²) in [4.78, 5) is 22.0. The fourth-order valence-electron chi connectivity index (χ4n) is 3.59.